The van der Waals surface area contributed by atoms with Crippen molar-refractivity contribution < 1.29 is 14.7 Å². The number of carboxylic acids is 1. The molecule has 2 N–H and O–H groups in total. The number of nitriles is 1. The molecule has 1 saturated heterocycles. The van der Waals surface area contributed by atoms with Crippen LogP contribution >= 0.6 is 24.0 Å². The summed E-state index contributed by atoms with van der Waals surface area (Å²) >= 11 is 6.62. The third kappa shape index (κ3) is 6.22. The van der Waals surface area contributed by atoms with Gasteiger partial charge in [-0.3, -0.25) is 23.9 Å². The van der Waals surface area contributed by atoms with Gasteiger partial charge >= 0.3 is 5.97 Å². The monoisotopic (exact) mass is 524 g/mol. The quantitative estimate of drug-likeness (QED) is 0.251. The second-order valence-corrected chi connectivity index (χ2v) is 9.98. The molecule has 2 heterocycles. The SMILES string of the molecule is CCn1c(NCc2ccccc2)c(/C=C2/SC(=S)N(CCCCCC(=O)O)C2=O)c(C)c(C#N)c1=O. The van der Waals surface area contributed by atoms with Gasteiger partial charge in [-0.05, 0) is 43.9 Å². The molecule has 1 amide bonds. The number of nitrogens with one attached hydrogen (secondary N) is 1. The van der Waals surface area contributed by atoms with Gasteiger partial charge in [-0.2, -0.15) is 5.26 Å². The van der Waals surface area contributed by atoms with Gasteiger partial charge in [-0.15, -0.1) is 0 Å². The molecule has 2 aromatic rings. The van der Waals surface area contributed by atoms with Crippen molar-refractivity contribution >= 4 is 52.1 Å². The maximum atomic E-state index is 13.2. The van der Waals surface area contributed by atoms with Crippen LogP contribution in [-0.4, -0.2) is 37.3 Å². The van der Waals surface area contributed by atoms with Gasteiger partial charge < -0.3 is 10.4 Å². The maximum absolute atomic E-state index is 13.2. The van der Waals surface area contributed by atoms with Crippen molar-refractivity contribution in [3.05, 3.63) is 67.8 Å². The first kappa shape index (κ1) is 27.2. The Balaban J connectivity index is 1.93. The molecule has 1 aliphatic heterocycles. The second kappa shape index (κ2) is 12.5. The molecule has 1 fully saturated rings. The molecule has 8 nitrogen and oxygen atoms in total. The number of benzene rings is 1. The summed E-state index contributed by atoms with van der Waals surface area (Å²) in [5.74, 6) is -0.521. The number of hydrogen-bond acceptors (Lipinski definition) is 7. The fraction of sp³-hybridized carbons (Fsp3) is 0.346. The summed E-state index contributed by atoms with van der Waals surface area (Å²) in [6.45, 7) is 4.77. The number of thiocarbonyl (C=S) groups is 1. The number of nitrogens with zero attached hydrogens (tertiary/aromatic N) is 3. The van der Waals surface area contributed by atoms with E-state index in [4.69, 9.17) is 17.3 Å². The average molecular weight is 525 g/mol. The number of rotatable bonds is 11. The maximum Gasteiger partial charge on any atom is 0.303 e. The first-order valence-electron chi connectivity index (χ1n) is 11.7. The van der Waals surface area contributed by atoms with E-state index in [0.29, 0.717) is 65.1 Å². The van der Waals surface area contributed by atoms with Gasteiger partial charge in [-0.25, -0.2) is 0 Å². The summed E-state index contributed by atoms with van der Waals surface area (Å²) in [6, 6.07) is 11.8. The zero-order valence-electron chi connectivity index (χ0n) is 20.2. The highest BCUT2D eigenvalue weighted by molar-refractivity contribution is 8.26. The number of carbonyl (C=O) groups excluding carboxylic acids is 1. The van der Waals surface area contributed by atoms with Gasteiger partial charge in [0, 0.05) is 31.6 Å². The highest BCUT2D eigenvalue weighted by Crippen LogP contribution is 2.35. The Kier molecular flexibility index (Phi) is 9.44. The first-order valence-corrected chi connectivity index (χ1v) is 12.9. The second-order valence-electron chi connectivity index (χ2n) is 8.30. The van der Waals surface area contributed by atoms with E-state index in [-0.39, 0.29) is 23.5 Å². The average Bonchev–Trinajstić information content (AvgIpc) is 3.12. The van der Waals surface area contributed by atoms with E-state index >= 15 is 0 Å². The number of thioether (sulfide) groups is 1. The number of carboxylic acid groups (broad SMARTS) is 1. The number of unbranched alkanes of at least 4 members (excludes halogenated alkanes) is 2. The van der Waals surface area contributed by atoms with E-state index in [0.717, 1.165) is 5.56 Å². The zero-order valence-corrected chi connectivity index (χ0v) is 21.9. The Hall–Kier alpha value is -3.42. The van der Waals surface area contributed by atoms with Crippen molar-refractivity contribution in [2.45, 2.75) is 52.6 Å². The van der Waals surface area contributed by atoms with E-state index < -0.39 is 5.97 Å². The largest absolute Gasteiger partial charge is 0.481 e. The molecule has 0 unspecified atom stereocenters. The fourth-order valence-corrected chi connectivity index (χ4v) is 5.27. The van der Waals surface area contributed by atoms with Crippen LogP contribution in [0.15, 0.2) is 40.0 Å². The Morgan fingerprint density at radius 3 is 2.58 bits per heavy atom. The number of pyridine rings is 1. The van der Waals surface area contributed by atoms with Crippen molar-refractivity contribution in [2.24, 2.45) is 0 Å². The van der Waals surface area contributed by atoms with Crippen LogP contribution in [0.25, 0.3) is 6.08 Å². The van der Waals surface area contributed by atoms with Crippen molar-refractivity contribution in [2.75, 3.05) is 11.9 Å². The number of carbonyl (C=O) groups is 2. The molecule has 1 aromatic carbocycles. The third-order valence-corrected chi connectivity index (χ3v) is 7.29. The number of anilines is 1. The summed E-state index contributed by atoms with van der Waals surface area (Å²) < 4.78 is 1.95. The van der Waals surface area contributed by atoms with Crippen LogP contribution in [0.1, 0.15) is 54.9 Å². The highest BCUT2D eigenvalue weighted by Gasteiger charge is 2.32. The minimum absolute atomic E-state index is 0.0438. The molecule has 0 spiro atoms. The van der Waals surface area contributed by atoms with Gasteiger partial charge in [0.25, 0.3) is 11.5 Å². The normalized spacial score (nSPS) is 14.4. The predicted octanol–water partition coefficient (Wildman–Crippen LogP) is 4.51. The molecule has 0 aliphatic carbocycles. The molecule has 1 aromatic heterocycles. The van der Waals surface area contributed by atoms with Gasteiger partial charge in [-0.1, -0.05) is 60.7 Å². The van der Waals surface area contributed by atoms with E-state index in [1.807, 2.05) is 43.3 Å². The summed E-state index contributed by atoms with van der Waals surface area (Å²) in [7, 11) is 0. The lowest BCUT2D eigenvalue weighted by molar-refractivity contribution is -0.137. The number of hydrogen-bond donors (Lipinski definition) is 2. The Morgan fingerprint density at radius 2 is 1.94 bits per heavy atom. The predicted molar refractivity (Wildman–Crippen MR) is 146 cm³/mol. The van der Waals surface area contributed by atoms with Crippen molar-refractivity contribution in [3.63, 3.8) is 0 Å². The van der Waals surface area contributed by atoms with Crippen LogP contribution < -0.4 is 10.9 Å². The van der Waals surface area contributed by atoms with Crippen molar-refractivity contribution in [1.29, 1.82) is 5.26 Å². The Labute approximate surface area is 219 Å². The van der Waals surface area contributed by atoms with Gasteiger partial charge in [0.15, 0.2) is 0 Å². The summed E-state index contributed by atoms with van der Waals surface area (Å²) in [6.07, 6.45) is 3.69. The molecule has 0 atom stereocenters. The molecule has 36 heavy (non-hydrogen) atoms. The summed E-state index contributed by atoms with van der Waals surface area (Å²) in [5.41, 5.74) is 1.80. The third-order valence-electron chi connectivity index (χ3n) is 5.92. The van der Waals surface area contributed by atoms with Crippen LogP contribution in [0.3, 0.4) is 0 Å². The number of amides is 1. The zero-order chi connectivity index (χ0) is 26.2. The van der Waals surface area contributed by atoms with E-state index in [1.165, 1.54) is 21.2 Å². The smallest absolute Gasteiger partial charge is 0.303 e. The van der Waals surface area contributed by atoms with Gasteiger partial charge in [0.2, 0.25) is 0 Å². The van der Waals surface area contributed by atoms with E-state index in [2.05, 4.69) is 5.32 Å². The lowest BCUT2D eigenvalue weighted by Gasteiger charge is -2.19. The molecular formula is C26H28N4O4S2. The van der Waals surface area contributed by atoms with E-state index in [9.17, 15) is 19.6 Å². The van der Waals surface area contributed by atoms with E-state index in [1.54, 1.807) is 13.0 Å². The molecule has 10 heteroatoms. The van der Waals surface area contributed by atoms with Crippen LogP contribution in [-0.2, 0) is 22.7 Å². The molecule has 188 valence electrons. The standard InChI is InChI=1S/C26H28N4O4S2/c1-3-29-23(28-16-18-10-6-4-7-11-18)19(17(2)20(15-27)24(29)33)14-21-25(34)30(26(35)36-21)13-9-5-8-12-22(31)32/h4,6-7,10-11,14,28H,3,5,8-9,12-13,16H2,1-2H3,(H,31,32)/b21-14+. The van der Waals surface area contributed by atoms with Crippen molar-refractivity contribution in [1.82, 2.24) is 9.47 Å². The van der Waals surface area contributed by atoms with Crippen LogP contribution in [0, 0.1) is 18.3 Å². The number of aliphatic carboxylic acids is 1. The topological polar surface area (TPSA) is 115 Å². The summed E-state index contributed by atoms with van der Waals surface area (Å²) in [5, 5.41) is 21.8. The lowest BCUT2D eigenvalue weighted by Crippen LogP contribution is -2.29. The highest BCUT2D eigenvalue weighted by atomic mass is 32.2. The van der Waals surface area contributed by atoms with Crippen molar-refractivity contribution in [3.8, 4) is 6.07 Å². The molecule has 0 bridgehead atoms. The summed E-state index contributed by atoms with van der Waals surface area (Å²) in [4.78, 5) is 38.8. The molecule has 0 saturated carbocycles. The Morgan fingerprint density at radius 1 is 1.22 bits per heavy atom. The van der Waals surface area contributed by atoms with Gasteiger partial charge in [0.1, 0.15) is 21.8 Å². The molecule has 1 aliphatic rings. The molecule has 0 radical (unpaired) electrons. The molecule has 3 rings (SSSR count). The van der Waals surface area contributed by atoms with Gasteiger partial charge in [0.05, 0.1) is 4.91 Å². The lowest BCUT2D eigenvalue weighted by atomic mass is 10.0. The fourth-order valence-electron chi connectivity index (χ4n) is 3.98. The first-order chi connectivity index (χ1) is 17.3. The minimum atomic E-state index is -0.833. The minimum Gasteiger partial charge on any atom is -0.481 e. The van der Waals surface area contributed by atoms with Crippen LogP contribution in [0.2, 0.25) is 0 Å². The molecular weight excluding hydrogens is 496 g/mol. The Bertz CT molecular complexity index is 1300. The van der Waals surface area contributed by atoms with Crippen LogP contribution in [0.5, 0.6) is 0 Å². The van der Waals surface area contributed by atoms with Crippen LogP contribution in [0.4, 0.5) is 5.82 Å². The number of aromatic nitrogens is 1.